The molecule has 2 aromatic rings. The third-order valence-electron chi connectivity index (χ3n) is 3.29. The lowest BCUT2D eigenvalue weighted by atomic mass is 10.1. The van der Waals surface area contributed by atoms with Crippen LogP contribution >= 0.6 is 11.6 Å². The van der Waals surface area contributed by atoms with E-state index in [-0.39, 0.29) is 12.0 Å². The molecule has 0 radical (unpaired) electrons. The van der Waals surface area contributed by atoms with Crippen molar-refractivity contribution in [3.63, 3.8) is 0 Å². The average Bonchev–Trinajstić information content (AvgIpc) is 2.46. The SMILES string of the molecule is COc1cccc([C@H](CNc2cc(Cl)nc(N)n2)N(C)C)c1. The van der Waals surface area contributed by atoms with Crippen LogP contribution in [-0.4, -0.2) is 42.6 Å². The molecule has 0 amide bonds. The first kappa shape index (κ1) is 16.3. The summed E-state index contributed by atoms with van der Waals surface area (Å²) in [4.78, 5) is 10.1. The lowest BCUT2D eigenvalue weighted by molar-refractivity contribution is 0.310. The van der Waals surface area contributed by atoms with Gasteiger partial charge in [0.2, 0.25) is 5.95 Å². The Morgan fingerprint density at radius 2 is 2.09 bits per heavy atom. The molecule has 1 heterocycles. The van der Waals surface area contributed by atoms with Crippen LogP contribution in [0.25, 0.3) is 0 Å². The van der Waals surface area contributed by atoms with Crippen molar-refractivity contribution in [3.8, 4) is 5.75 Å². The molecule has 1 aromatic heterocycles. The Hall–Kier alpha value is -2.05. The van der Waals surface area contributed by atoms with E-state index in [1.54, 1.807) is 13.2 Å². The first-order valence-electron chi connectivity index (χ1n) is 6.84. The Morgan fingerprint density at radius 3 is 2.73 bits per heavy atom. The van der Waals surface area contributed by atoms with Gasteiger partial charge in [-0.15, -0.1) is 0 Å². The highest BCUT2D eigenvalue weighted by Gasteiger charge is 2.15. The number of rotatable bonds is 6. The zero-order valence-corrected chi connectivity index (χ0v) is 13.6. The second-order valence-electron chi connectivity index (χ2n) is 5.07. The fourth-order valence-electron chi connectivity index (χ4n) is 2.17. The molecule has 118 valence electrons. The highest BCUT2D eigenvalue weighted by atomic mass is 35.5. The van der Waals surface area contributed by atoms with E-state index in [0.717, 1.165) is 11.3 Å². The van der Waals surface area contributed by atoms with Gasteiger partial charge in [-0.2, -0.15) is 4.98 Å². The summed E-state index contributed by atoms with van der Waals surface area (Å²) in [7, 11) is 5.70. The van der Waals surface area contributed by atoms with E-state index in [0.29, 0.717) is 17.5 Å². The number of nitrogens with two attached hydrogens (primary N) is 1. The lowest BCUT2D eigenvalue weighted by Crippen LogP contribution is -2.27. The minimum Gasteiger partial charge on any atom is -0.497 e. The predicted molar refractivity (Wildman–Crippen MR) is 89.4 cm³/mol. The van der Waals surface area contributed by atoms with Crippen molar-refractivity contribution in [3.05, 3.63) is 41.0 Å². The molecule has 1 atom stereocenters. The van der Waals surface area contributed by atoms with Crippen LogP contribution in [0.3, 0.4) is 0 Å². The van der Waals surface area contributed by atoms with Crippen molar-refractivity contribution >= 4 is 23.4 Å². The Kier molecular flexibility index (Phi) is 5.41. The molecule has 3 N–H and O–H groups in total. The van der Waals surface area contributed by atoms with Crippen molar-refractivity contribution < 1.29 is 4.74 Å². The molecular formula is C15H20ClN5O. The van der Waals surface area contributed by atoms with Crippen LogP contribution in [0.4, 0.5) is 11.8 Å². The van der Waals surface area contributed by atoms with Gasteiger partial charge < -0.3 is 20.7 Å². The molecule has 22 heavy (non-hydrogen) atoms. The number of nitrogen functional groups attached to an aromatic ring is 1. The van der Waals surface area contributed by atoms with Crippen LogP contribution in [0.5, 0.6) is 5.75 Å². The first-order chi connectivity index (χ1) is 10.5. The van der Waals surface area contributed by atoms with Crippen LogP contribution in [0.15, 0.2) is 30.3 Å². The summed E-state index contributed by atoms with van der Waals surface area (Å²) >= 11 is 5.89. The minimum absolute atomic E-state index is 0.144. The number of ether oxygens (including phenoxy) is 1. The van der Waals surface area contributed by atoms with Gasteiger partial charge >= 0.3 is 0 Å². The van der Waals surface area contributed by atoms with Crippen LogP contribution in [-0.2, 0) is 0 Å². The maximum absolute atomic E-state index is 5.89. The molecule has 0 bridgehead atoms. The van der Waals surface area contributed by atoms with Gasteiger partial charge in [0, 0.05) is 12.6 Å². The molecule has 0 unspecified atom stereocenters. The first-order valence-corrected chi connectivity index (χ1v) is 7.21. The van der Waals surface area contributed by atoms with Crippen LogP contribution < -0.4 is 15.8 Å². The van der Waals surface area contributed by atoms with Gasteiger partial charge in [-0.3, -0.25) is 0 Å². The van der Waals surface area contributed by atoms with E-state index < -0.39 is 0 Å². The molecule has 0 fully saturated rings. The summed E-state index contributed by atoms with van der Waals surface area (Å²) < 4.78 is 5.29. The highest BCUT2D eigenvalue weighted by molar-refractivity contribution is 6.29. The average molecular weight is 322 g/mol. The quantitative estimate of drug-likeness (QED) is 0.796. The fourth-order valence-corrected chi connectivity index (χ4v) is 2.36. The van der Waals surface area contributed by atoms with Crippen molar-refractivity contribution in [2.24, 2.45) is 0 Å². The summed E-state index contributed by atoms with van der Waals surface area (Å²) in [5.41, 5.74) is 6.74. The Balaban J connectivity index is 2.15. The van der Waals surface area contributed by atoms with Crippen molar-refractivity contribution in [1.82, 2.24) is 14.9 Å². The molecule has 0 aliphatic carbocycles. The largest absolute Gasteiger partial charge is 0.497 e. The summed E-state index contributed by atoms with van der Waals surface area (Å²) in [5, 5.41) is 3.56. The number of methoxy groups -OCH3 is 1. The smallest absolute Gasteiger partial charge is 0.223 e. The maximum Gasteiger partial charge on any atom is 0.223 e. The Morgan fingerprint density at radius 1 is 1.32 bits per heavy atom. The van der Waals surface area contributed by atoms with Crippen molar-refractivity contribution in [2.75, 3.05) is 38.8 Å². The molecule has 1 aromatic carbocycles. The molecule has 0 saturated heterocycles. The summed E-state index contributed by atoms with van der Waals surface area (Å²) in [6.45, 7) is 0.646. The molecule has 0 aliphatic rings. The normalized spacial score (nSPS) is 12.2. The molecule has 0 aliphatic heterocycles. The molecular weight excluding hydrogens is 302 g/mol. The van der Waals surface area contributed by atoms with Gasteiger partial charge in [0.15, 0.2) is 0 Å². The van der Waals surface area contributed by atoms with Gasteiger partial charge in [0.1, 0.15) is 16.7 Å². The topological polar surface area (TPSA) is 76.3 Å². The number of aromatic nitrogens is 2. The van der Waals surface area contributed by atoms with Crippen LogP contribution in [0, 0.1) is 0 Å². The molecule has 0 saturated carbocycles. The number of nitrogens with one attached hydrogen (secondary N) is 1. The Bertz CT molecular complexity index is 615. The number of nitrogens with zero attached hydrogens (tertiary/aromatic N) is 3. The van der Waals surface area contributed by atoms with E-state index in [2.05, 4.69) is 26.3 Å². The second kappa shape index (κ2) is 7.29. The summed E-state index contributed by atoms with van der Waals surface area (Å²) in [5.74, 6) is 1.59. The van der Waals surface area contributed by atoms with Gasteiger partial charge in [-0.1, -0.05) is 23.7 Å². The summed E-state index contributed by atoms with van der Waals surface area (Å²) in [6.07, 6.45) is 0. The van der Waals surface area contributed by atoms with Gasteiger partial charge in [0.25, 0.3) is 0 Å². The van der Waals surface area contributed by atoms with E-state index in [4.69, 9.17) is 22.1 Å². The van der Waals surface area contributed by atoms with Gasteiger partial charge in [-0.25, -0.2) is 4.98 Å². The molecule has 0 spiro atoms. The zero-order valence-electron chi connectivity index (χ0n) is 12.9. The van der Waals surface area contributed by atoms with Crippen molar-refractivity contribution in [1.29, 1.82) is 0 Å². The number of benzene rings is 1. The van der Waals surface area contributed by atoms with E-state index in [9.17, 15) is 0 Å². The zero-order chi connectivity index (χ0) is 16.1. The number of likely N-dealkylation sites (N-methyl/N-ethyl adjacent to an activating group) is 1. The van der Waals surface area contributed by atoms with Crippen molar-refractivity contribution in [2.45, 2.75) is 6.04 Å². The van der Waals surface area contributed by atoms with E-state index in [1.807, 2.05) is 32.3 Å². The van der Waals surface area contributed by atoms with E-state index in [1.165, 1.54) is 0 Å². The lowest BCUT2D eigenvalue weighted by Gasteiger charge is -2.25. The van der Waals surface area contributed by atoms with Crippen LogP contribution in [0.2, 0.25) is 5.15 Å². The number of hydrogen-bond donors (Lipinski definition) is 2. The number of hydrogen-bond acceptors (Lipinski definition) is 6. The third kappa shape index (κ3) is 4.22. The highest BCUT2D eigenvalue weighted by Crippen LogP contribution is 2.23. The van der Waals surface area contributed by atoms with Gasteiger partial charge in [0.05, 0.1) is 13.2 Å². The standard InChI is InChI=1S/C15H20ClN5O/c1-21(2)12(10-5-4-6-11(7-10)22-3)9-18-14-8-13(16)19-15(17)20-14/h4-8,12H,9H2,1-3H3,(H3,17,18,19,20)/t12-/m0/s1. The molecule has 2 rings (SSSR count). The van der Waals surface area contributed by atoms with Crippen LogP contribution in [0.1, 0.15) is 11.6 Å². The minimum atomic E-state index is 0.144. The second-order valence-corrected chi connectivity index (χ2v) is 5.46. The fraction of sp³-hybridized carbons (Fsp3) is 0.333. The number of halogens is 1. The predicted octanol–water partition coefficient (Wildman–Crippen LogP) is 2.44. The van der Waals surface area contributed by atoms with E-state index >= 15 is 0 Å². The third-order valence-corrected chi connectivity index (χ3v) is 3.48. The summed E-state index contributed by atoms with van der Waals surface area (Å²) in [6, 6.07) is 9.78. The molecule has 6 nitrogen and oxygen atoms in total. The van der Waals surface area contributed by atoms with Gasteiger partial charge in [-0.05, 0) is 31.8 Å². The monoisotopic (exact) mass is 321 g/mol. The molecule has 7 heteroatoms. The number of anilines is 2. The maximum atomic E-state index is 5.89. The Labute approximate surface area is 135 Å².